The van der Waals surface area contributed by atoms with Crippen LogP contribution in [0.2, 0.25) is 0 Å². The van der Waals surface area contributed by atoms with Gasteiger partial charge in [0.05, 0.1) is 0 Å². The zero-order valence-electron chi connectivity index (χ0n) is 8.23. The summed E-state index contributed by atoms with van der Waals surface area (Å²) in [6, 6.07) is 0. The Morgan fingerprint density at radius 2 is 1.79 bits per heavy atom. The Morgan fingerprint density at radius 1 is 1.29 bits per heavy atom. The van der Waals surface area contributed by atoms with Gasteiger partial charge in [0.1, 0.15) is 4.32 Å². The van der Waals surface area contributed by atoms with E-state index < -0.39 is 3.79 Å². The standard InChI is InChI=1S/C8H14Cl3NS2/c1-3-12(4-2)7(13)14-6-5-8(9,10)11/h3-6H2,1-2H3. The molecule has 0 heterocycles. The van der Waals surface area contributed by atoms with Gasteiger partial charge in [-0.3, -0.25) is 0 Å². The van der Waals surface area contributed by atoms with E-state index in [4.69, 9.17) is 47.0 Å². The van der Waals surface area contributed by atoms with Gasteiger partial charge in [-0.15, -0.1) is 0 Å². The zero-order valence-corrected chi connectivity index (χ0v) is 12.1. The van der Waals surface area contributed by atoms with Crippen molar-refractivity contribution in [3.63, 3.8) is 0 Å². The topological polar surface area (TPSA) is 3.24 Å². The minimum absolute atomic E-state index is 0.518. The van der Waals surface area contributed by atoms with Crippen molar-refractivity contribution in [1.29, 1.82) is 0 Å². The summed E-state index contributed by atoms with van der Waals surface area (Å²) in [6.45, 7) is 6.00. The number of halogens is 3. The van der Waals surface area contributed by atoms with E-state index in [2.05, 4.69) is 18.7 Å². The molecule has 0 radical (unpaired) electrons. The van der Waals surface area contributed by atoms with Crippen molar-refractivity contribution in [1.82, 2.24) is 4.90 Å². The van der Waals surface area contributed by atoms with Crippen LogP contribution in [0.1, 0.15) is 20.3 Å². The van der Waals surface area contributed by atoms with Crippen molar-refractivity contribution in [2.75, 3.05) is 18.8 Å². The first-order chi connectivity index (χ1) is 6.40. The Bertz CT molecular complexity index is 178. The van der Waals surface area contributed by atoms with Gasteiger partial charge < -0.3 is 4.90 Å². The number of hydrogen-bond donors (Lipinski definition) is 0. The number of rotatable bonds is 4. The molecule has 0 aliphatic carbocycles. The van der Waals surface area contributed by atoms with E-state index in [0.717, 1.165) is 23.2 Å². The summed E-state index contributed by atoms with van der Waals surface area (Å²) in [5, 5.41) is 0. The molecule has 0 bridgehead atoms. The lowest BCUT2D eigenvalue weighted by molar-refractivity contribution is 0.482. The molecule has 0 rings (SSSR count). The van der Waals surface area contributed by atoms with Crippen LogP contribution in [0.15, 0.2) is 0 Å². The van der Waals surface area contributed by atoms with Crippen LogP contribution in [0.3, 0.4) is 0 Å². The van der Waals surface area contributed by atoms with E-state index in [-0.39, 0.29) is 0 Å². The van der Waals surface area contributed by atoms with E-state index in [9.17, 15) is 0 Å². The summed E-state index contributed by atoms with van der Waals surface area (Å²) in [6.07, 6.45) is 0.518. The Hall–Kier alpha value is 1.11. The first-order valence-corrected chi connectivity index (χ1v) is 6.92. The lowest BCUT2D eigenvalue weighted by Gasteiger charge is -2.21. The summed E-state index contributed by atoms with van der Waals surface area (Å²) in [7, 11) is 0. The molecular weight excluding hydrogens is 281 g/mol. The molecule has 0 spiro atoms. The van der Waals surface area contributed by atoms with Crippen LogP contribution >= 0.6 is 58.8 Å². The van der Waals surface area contributed by atoms with Gasteiger partial charge in [-0.2, -0.15) is 0 Å². The molecule has 0 N–H and O–H groups in total. The molecule has 0 aromatic heterocycles. The zero-order chi connectivity index (χ0) is 11.2. The van der Waals surface area contributed by atoms with Crippen molar-refractivity contribution >= 4 is 63.1 Å². The predicted molar refractivity (Wildman–Crippen MR) is 72.9 cm³/mol. The Labute approximate surface area is 110 Å². The molecule has 14 heavy (non-hydrogen) atoms. The van der Waals surface area contributed by atoms with Crippen LogP contribution in [-0.2, 0) is 0 Å². The van der Waals surface area contributed by atoms with Gasteiger partial charge in [-0.1, -0.05) is 58.8 Å². The van der Waals surface area contributed by atoms with Gasteiger partial charge in [0.15, 0.2) is 3.79 Å². The monoisotopic (exact) mass is 293 g/mol. The second kappa shape index (κ2) is 7.39. The molecule has 0 aromatic carbocycles. The largest absolute Gasteiger partial charge is 0.358 e. The Morgan fingerprint density at radius 3 is 2.14 bits per heavy atom. The molecule has 0 aliphatic rings. The fourth-order valence-corrected chi connectivity index (χ4v) is 2.98. The molecule has 6 heteroatoms. The van der Waals surface area contributed by atoms with Crippen molar-refractivity contribution < 1.29 is 0 Å². The average molecular weight is 295 g/mol. The predicted octanol–water partition coefficient (Wildman–Crippen LogP) is 4.11. The minimum Gasteiger partial charge on any atom is -0.358 e. The van der Waals surface area contributed by atoms with E-state index in [0.29, 0.717) is 6.42 Å². The van der Waals surface area contributed by atoms with Crippen LogP contribution in [0, 0.1) is 0 Å². The minimum atomic E-state index is -1.16. The second-order valence-electron chi connectivity index (χ2n) is 2.65. The summed E-state index contributed by atoms with van der Waals surface area (Å²) < 4.78 is -0.282. The van der Waals surface area contributed by atoms with E-state index in [1.807, 2.05) is 0 Å². The highest BCUT2D eigenvalue weighted by Gasteiger charge is 2.19. The van der Waals surface area contributed by atoms with Crippen molar-refractivity contribution in [2.45, 2.75) is 24.1 Å². The number of nitrogens with zero attached hydrogens (tertiary/aromatic N) is 1. The van der Waals surface area contributed by atoms with Crippen LogP contribution in [0.25, 0.3) is 0 Å². The maximum atomic E-state index is 5.62. The molecule has 0 saturated carbocycles. The summed E-state index contributed by atoms with van der Waals surface area (Å²) >= 11 is 23.7. The fourth-order valence-electron chi connectivity index (χ4n) is 0.827. The molecule has 0 aromatic rings. The van der Waals surface area contributed by atoms with E-state index >= 15 is 0 Å². The third-order valence-electron chi connectivity index (χ3n) is 1.63. The normalized spacial score (nSPS) is 11.5. The Kier molecular flexibility index (Phi) is 7.98. The molecule has 0 fully saturated rings. The quantitative estimate of drug-likeness (QED) is 0.567. The molecule has 0 aliphatic heterocycles. The molecule has 0 atom stereocenters. The van der Waals surface area contributed by atoms with Crippen molar-refractivity contribution in [3.8, 4) is 0 Å². The van der Waals surface area contributed by atoms with Gasteiger partial charge in [0, 0.05) is 25.3 Å². The van der Waals surface area contributed by atoms with Gasteiger partial charge in [0.25, 0.3) is 0 Å². The summed E-state index contributed by atoms with van der Waals surface area (Å²) in [4.78, 5) is 2.11. The lowest BCUT2D eigenvalue weighted by Crippen LogP contribution is -2.27. The average Bonchev–Trinajstić information content (AvgIpc) is 2.04. The molecule has 0 saturated heterocycles. The molecule has 1 nitrogen and oxygen atoms in total. The Balaban J connectivity index is 3.74. The third-order valence-corrected chi connectivity index (χ3v) is 3.72. The third kappa shape index (κ3) is 7.41. The highest BCUT2D eigenvalue weighted by atomic mass is 35.6. The van der Waals surface area contributed by atoms with Crippen LogP contribution < -0.4 is 0 Å². The smallest absolute Gasteiger partial charge is 0.191 e. The lowest BCUT2D eigenvalue weighted by atomic mass is 10.6. The van der Waals surface area contributed by atoms with Crippen molar-refractivity contribution in [3.05, 3.63) is 0 Å². The molecule has 0 amide bonds. The van der Waals surface area contributed by atoms with Gasteiger partial charge in [-0.25, -0.2) is 0 Å². The van der Waals surface area contributed by atoms with Crippen LogP contribution in [-0.4, -0.2) is 31.9 Å². The molecule has 0 unspecified atom stereocenters. The summed E-state index contributed by atoms with van der Waals surface area (Å²) in [5.41, 5.74) is 0. The number of alkyl halides is 3. The maximum Gasteiger partial charge on any atom is 0.191 e. The number of thioether (sulfide) groups is 1. The molecule has 84 valence electrons. The van der Waals surface area contributed by atoms with Gasteiger partial charge in [0.2, 0.25) is 0 Å². The van der Waals surface area contributed by atoms with Crippen molar-refractivity contribution in [2.24, 2.45) is 0 Å². The molecular formula is C8H14Cl3NS2. The maximum absolute atomic E-state index is 5.62. The fraction of sp³-hybridized carbons (Fsp3) is 0.875. The first-order valence-electron chi connectivity index (χ1n) is 4.39. The number of hydrogen-bond acceptors (Lipinski definition) is 2. The summed E-state index contributed by atoms with van der Waals surface area (Å²) in [5.74, 6) is 0.742. The van der Waals surface area contributed by atoms with E-state index in [1.165, 1.54) is 0 Å². The second-order valence-corrected chi connectivity index (χ2v) is 6.90. The van der Waals surface area contributed by atoms with Gasteiger partial charge in [-0.05, 0) is 13.8 Å². The SMILES string of the molecule is CCN(CC)C(=S)SCCC(Cl)(Cl)Cl. The van der Waals surface area contributed by atoms with Crippen LogP contribution in [0.5, 0.6) is 0 Å². The van der Waals surface area contributed by atoms with E-state index in [1.54, 1.807) is 11.8 Å². The van der Waals surface area contributed by atoms with Gasteiger partial charge >= 0.3 is 0 Å². The van der Waals surface area contributed by atoms with Crippen LogP contribution in [0.4, 0.5) is 0 Å². The highest BCUT2D eigenvalue weighted by molar-refractivity contribution is 8.22. The number of thiocarbonyl (C=S) groups is 1. The highest BCUT2D eigenvalue weighted by Crippen LogP contribution is 2.31. The first kappa shape index (κ1) is 15.1.